The van der Waals surface area contributed by atoms with E-state index in [9.17, 15) is 5.11 Å². The molecule has 0 aliphatic carbocycles. The lowest BCUT2D eigenvalue weighted by Gasteiger charge is -2.24. The molecule has 0 heterocycles. The van der Waals surface area contributed by atoms with Crippen molar-refractivity contribution in [2.24, 2.45) is 0 Å². The molecule has 1 atom stereocenters. The second kappa shape index (κ2) is 7.25. The molecule has 0 aliphatic rings. The zero-order valence-electron chi connectivity index (χ0n) is 12.6. The fraction of sp³-hybridized carbons (Fsp3) is 0.333. The Morgan fingerprint density at radius 1 is 1.05 bits per heavy atom. The van der Waals surface area contributed by atoms with E-state index in [1.165, 1.54) is 5.56 Å². The lowest BCUT2D eigenvalue weighted by atomic mass is 9.97. The fourth-order valence-electron chi connectivity index (χ4n) is 2.15. The van der Waals surface area contributed by atoms with Crippen molar-refractivity contribution in [2.75, 3.05) is 20.3 Å². The van der Waals surface area contributed by atoms with Crippen molar-refractivity contribution in [2.45, 2.75) is 18.9 Å². The summed E-state index contributed by atoms with van der Waals surface area (Å²) in [4.78, 5) is 0. The molecule has 112 valence electrons. The largest absolute Gasteiger partial charge is 0.497 e. The Kier molecular flexibility index (Phi) is 5.37. The van der Waals surface area contributed by atoms with Crippen molar-refractivity contribution in [1.29, 1.82) is 0 Å². The van der Waals surface area contributed by atoms with Crippen LogP contribution in [0.15, 0.2) is 54.6 Å². The van der Waals surface area contributed by atoms with Gasteiger partial charge in [-0.1, -0.05) is 42.5 Å². The fourth-order valence-corrected chi connectivity index (χ4v) is 2.15. The third-order valence-corrected chi connectivity index (χ3v) is 3.45. The van der Waals surface area contributed by atoms with Crippen LogP contribution in [0.4, 0.5) is 0 Å². The molecule has 0 saturated heterocycles. The van der Waals surface area contributed by atoms with Crippen LogP contribution in [0.5, 0.6) is 5.75 Å². The van der Waals surface area contributed by atoms with Crippen LogP contribution in [0.25, 0.3) is 0 Å². The highest BCUT2D eigenvalue weighted by Crippen LogP contribution is 2.24. The molecule has 2 rings (SSSR count). The lowest BCUT2D eigenvalue weighted by Crippen LogP contribution is -2.28. The molecule has 21 heavy (non-hydrogen) atoms. The Morgan fingerprint density at radius 3 is 2.52 bits per heavy atom. The van der Waals surface area contributed by atoms with Crippen molar-refractivity contribution in [3.63, 3.8) is 0 Å². The zero-order valence-corrected chi connectivity index (χ0v) is 12.6. The summed E-state index contributed by atoms with van der Waals surface area (Å²) in [6.45, 7) is 2.60. The number of hydrogen-bond donors (Lipinski definition) is 1. The minimum atomic E-state index is -1.02. The molecule has 0 fully saturated rings. The van der Waals surface area contributed by atoms with Gasteiger partial charge in [0.2, 0.25) is 0 Å². The average molecular weight is 286 g/mol. The highest BCUT2D eigenvalue weighted by Gasteiger charge is 2.23. The lowest BCUT2D eigenvalue weighted by molar-refractivity contribution is -0.0370. The maximum atomic E-state index is 10.5. The van der Waals surface area contributed by atoms with Crippen LogP contribution >= 0.6 is 0 Å². The minimum absolute atomic E-state index is 0.257. The Balaban J connectivity index is 1.86. The number of rotatable bonds is 7. The maximum Gasteiger partial charge on any atom is 0.119 e. The summed E-state index contributed by atoms with van der Waals surface area (Å²) < 4.78 is 10.8. The first-order valence-electron chi connectivity index (χ1n) is 7.10. The van der Waals surface area contributed by atoms with Gasteiger partial charge in [-0.05, 0) is 36.6 Å². The van der Waals surface area contributed by atoms with Gasteiger partial charge in [0.1, 0.15) is 11.4 Å². The Bertz CT molecular complexity index is 549. The summed E-state index contributed by atoms with van der Waals surface area (Å²) in [5, 5.41) is 10.5. The van der Waals surface area contributed by atoms with Crippen LogP contribution in [0.2, 0.25) is 0 Å². The van der Waals surface area contributed by atoms with Crippen LogP contribution in [-0.4, -0.2) is 25.4 Å². The van der Waals surface area contributed by atoms with Gasteiger partial charge < -0.3 is 14.6 Å². The molecular weight excluding hydrogens is 264 g/mol. The van der Waals surface area contributed by atoms with E-state index in [0.29, 0.717) is 6.61 Å². The van der Waals surface area contributed by atoms with Gasteiger partial charge >= 0.3 is 0 Å². The van der Waals surface area contributed by atoms with Gasteiger partial charge in [-0.3, -0.25) is 0 Å². The quantitative estimate of drug-likeness (QED) is 0.795. The average Bonchev–Trinajstić information content (AvgIpc) is 2.53. The van der Waals surface area contributed by atoms with Gasteiger partial charge in [-0.25, -0.2) is 0 Å². The molecule has 0 saturated carbocycles. The topological polar surface area (TPSA) is 38.7 Å². The third-order valence-electron chi connectivity index (χ3n) is 3.45. The maximum absolute atomic E-state index is 10.5. The van der Waals surface area contributed by atoms with E-state index in [4.69, 9.17) is 9.47 Å². The van der Waals surface area contributed by atoms with Crippen molar-refractivity contribution in [3.05, 3.63) is 65.7 Å². The summed E-state index contributed by atoms with van der Waals surface area (Å²) in [5.74, 6) is 0.733. The van der Waals surface area contributed by atoms with E-state index in [1.54, 1.807) is 14.0 Å². The highest BCUT2D eigenvalue weighted by molar-refractivity contribution is 5.32. The molecule has 3 heteroatoms. The molecule has 0 radical (unpaired) electrons. The molecule has 3 nitrogen and oxygen atoms in total. The zero-order chi connectivity index (χ0) is 15.1. The first kappa shape index (κ1) is 15.5. The number of aliphatic hydroxyl groups is 1. The molecule has 0 aromatic heterocycles. The SMILES string of the molecule is COc1cccc(C(C)(O)COCCc2ccccc2)c1. The van der Waals surface area contributed by atoms with Gasteiger partial charge in [0, 0.05) is 0 Å². The Labute approximate surface area is 126 Å². The molecule has 2 aromatic carbocycles. The molecule has 0 spiro atoms. The highest BCUT2D eigenvalue weighted by atomic mass is 16.5. The van der Waals surface area contributed by atoms with Crippen LogP contribution in [-0.2, 0) is 16.8 Å². The van der Waals surface area contributed by atoms with Crippen LogP contribution in [0.3, 0.4) is 0 Å². The van der Waals surface area contributed by atoms with Crippen molar-refractivity contribution in [1.82, 2.24) is 0 Å². The van der Waals surface area contributed by atoms with Gasteiger partial charge in [0.15, 0.2) is 0 Å². The normalized spacial score (nSPS) is 13.7. The number of benzene rings is 2. The monoisotopic (exact) mass is 286 g/mol. The second-order valence-corrected chi connectivity index (χ2v) is 5.29. The number of methoxy groups -OCH3 is 1. The van der Waals surface area contributed by atoms with Gasteiger partial charge in [0.05, 0.1) is 20.3 Å². The van der Waals surface area contributed by atoms with E-state index in [2.05, 4.69) is 12.1 Å². The molecule has 2 aromatic rings. The van der Waals surface area contributed by atoms with Gasteiger partial charge in [0.25, 0.3) is 0 Å². The molecular formula is C18H22O3. The minimum Gasteiger partial charge on any atom is -0.497 e. The van der Waals surface area contributed by atoms with Gasteiger partial charge in [-0.2, -0.15) is 0 Å². The van der Waals surface area contributed by atoms with Crippen LogP contribution in [0, 0.1) is 0 Å². The predicted octanol–water partition coefficient (Wildman–Crippen LogP) is 3.16. The summed E-state index contributed by atoms with van der Waals surface area (Å²) in [7, 11) is 1.62. The number of hydrogen-bond acceptors (Lipinski definition) is 3. The summed E-state index contributed by atoms with van der Waals surface area (Å²) in [6, 6.07) is 17.6. The van der Waals surface area contributed by atoms with E-state index in [1.807, 2.05) is 42.5 Å². The van der Waals surface area contributed by atoms with Crippen LogP contribution < -0.4 is 4.74 Å². The van der Waals surface area contributed by atoms with Crippen molar-refractivity contribution >= 4 is 0 Å². The summed E-state index contributed by atoms with van der Waals surface area (Å²) in [6.07, 6.45) is 0.842. The first-order valence-corrected chi connectivity index (χ1v) is 7.10. The smallest absolute Gasteiger partial charge is 0.119 e. The Hall–Kier alpha value is -1.84. The van der Waals surface area contributed by atoms with E-state index in [-0.39, 0.29) is 6.61 Å². The molecule has 0 bridgehead atoms. The second-order valence-electron chi connectivity index (χ2n) is 5.29. The summed E-state index contributed by atoms with van der Waals surface area (Å²) in [5.41, 5.74) is 1.01. The molecule has 1 unspecified atom stereocenters. The standard InChI is InChI=1S/C18H22O3/c1-18(19,16-9-6-10-17(13-16)20-2)14-21-12-11-15-7-4-3-5-8-15/h3-10,13,19H,11-12,14H2,1-2H3. The van der Waals surface area contributed by atoms with Crippen molar-refractivity contribution in [3.8, 4) is 5.75 Å². The van der Waals surface area contributed by atoms with Gasteiger partial charge in [-0.15, -0.1) is 0 Å². The van der Waals surface area contributed by atoms with Crippen LogP contribution in [0.1, 0.15) is 18.1 Å². The Morgan fingerprint density at radius 2 is 1.81 bits per heavy atom. The summed E-state index contributed by atoms with van der Waals surface area (Å²) >= 11 is 0. The third kappa shape index (κ3) is 4.59. The number of ether oxygens (including phenoxy) is 2. The molecule has 0 amide bonds. The molecule has 1 N–H and O–H groups in total. The van der Waals surface area contributed by atoms with Crippen molar-refractivity contribution < 1.29 is 14.6 Å². The van der Waals surface area contributed by atoms with E-state index in [0.717, 1.165) is 17.7 Å². The first-order chi connectivity index (χ1) is 10.1. The van der Waals surface area contributed by atoms with E-state index < -0.39 is 5.60 Å². The van der Waals surface area contributed by atoms with E-state index >= 15 is 0 Å². The molecule has 0 aliphatic heterocycles. The predicted molar refractivity (Wildman–Crippen MR) is 83.5 cm³/mol.